The van der Waals surface area contributed by atoms with E-state index >= 15 is 0 Å². The first-order chi connectivity index (χ1) is 6.27. The zero-order valence-electron chi connectivity index (χ0n) is 9.94. The van der Waals surface area contributed by atoms with Crippen LogP contribution in [0.1, 0.15) is 78.6 Å². The molecule has 2 fully saturated rings. The second-order valence-corrected chi connectivity index (χ2v) is 4.63. The van der Waals surface area contributed by atoms with E-state index in [0.717, 1.165) is 5.92 Å². The minimum absolute atomic E-state index is 0.884. The molecular formula is C13H28. The van der Waals surface area contributed by atoms with Crippen LogP contribution in [0.25, 0.3) is 0 Å². The highest BCUT2D eigenvalue weighted by Crippen LogP contribution is 2.15. The molecule has 0 bridgehead atoms. The van der Waals surface area contributed by atoms with Crippen LogP contribution in [0, 0.1) is 5.92 Å². The largest absolute Gasteiger partial charge is 0.0651 e. The van der Waals surface area contributed by atoms with Crippen LogP contribution in [0.2, 0.25) is 0 Å². The molecule has 0 N–H and O–H groups in total. The van der Waals surface area contributed by atoms with Crippen LogP contribution in [0.3, 0.4) is 0 Å². The van der Waals surface area contributed by atoms with Crippen LogP contribution in [-0.2, 0) is 0 Å². The van der Waals surface area contributed by atoms with E-state index in [9.17, 15) is 0 Å². The van der Waals surface area contributed by atoms with Crippen molar-refractivity contribution in [3.63, 3.8) is 0 Å². The molecule has 0 heterocycles. The van der Waals surface area contributed by atoms with Gasteiger partial charge in [0.25, 0.3) is 0 Å². The Morgan fingerprint density at radius 2 is 0.846 bits per heavy atom. The van der Waals surface area contributed by atoms with Crippen LogP contribution in [-0.4, -0.2) is 0 Å². The molecule has 0 nitrogen and oxygen atoms in total. The normalized spacial score (nSPS) is 18.5. The Labute approximate surface area is 85.1 Å². The summed E-state index contributed by atoms with van der Waals surface area (Å²) < 4.78 is 0. The molecule has 0 radical (unpaired) electrons. The van der Waals surface area contributed by atoms with E-state index in [0.29, 0.717) is 0 Å². The maximum atomic E-state index is 2.22. The molecule has 0 saturated heterocycles. The molecule has 80 valence electrons. The summed E-state index contributed by atoms with van der Waals surface area (Å²) in [6.45, 7) is 6.64. The molecule has 0 aromatic carbocycles. The predicted molar refractivity (Wildman–Crippen MR) is 62.1 cm³/mol. The highest BCUT2D eigenvalue weighted by atomic mass is 14.0. The number of hydrogen-bond acceptors (Lipinski definition) is 0. The first-order valence-electron chi connectivity index (χ1n) is 6.27. The molecule has 2 aliphatic carbocycles. The maximum absolute atomic E-state index is 2.22. The van der Waals surface area contributed by atoms with Gasteiger partial charge in [0.15, 0.2) is 0 Å². The number of rotatable bonds is 1. The third-order valence-corrected chi connectivity index (χ3v) is 2.82. The average Bonchev–Trinajstić information content (AvgIpc) is 1.79. The van der Waals surface area contributed by atoms with E-state index in [4.69, 9.17) is 0 Å². The molecule has 0 spiro atoms. The summed E-state index contributed by atoms with van der Waals surface area (Å²) in [6.07, 6.45) is 13.3. The second-order valence-electron chi connectivity index (χ2n) is 4.63. The Morgan fingerprint density at radius 3 is 0.846 bits per heavy atom. The fourth-order valence-corrected chi connectivity index (χ4v) is 0.500. The zero-order chi connectivity index (χ0) is 9.94. The maximum Gasteiger partial charge on any atom is -0.0474 e. The second kappa shape index (κ2) is 10.1. The van der Waals surface area contributed by atoms with Crippen LogP contribution >= 0.6 is 0 Å². The van der Waals surface area contributed by atoms with Gasteiger partial charge in [-0.05, 0) is 5.92 Å². The fraction of sp³-hybridized carbons (Fsp3) is 1.00. The average molecular weight is 184 g/mol. The Balaban J connectivity index is 0.000000167. The zero-order valence-corrected chi connectivity index (χ0v) is 9.94. The van der Waals surface area contributed by atoms with Gasteiger partial charge in [0.1, 0.15) is 0 Å². The smallest absolute Gasteiger partial charge is 0.0474 e. The lowest BCUT2D eigenvalue weighted by atomic mass is 10.0. The highest BCUT2D eigenvalue weighted by Gasteiger charge is 1.95. The lowest BCUT2D eigenvalue weighted by molar-refractivity contribution is 0.504. The van der Waals surface area contributed by atoms with Crippen molar-refractivity contribution in [3.8, 4) is 0 Å². The summed E-state index contributed by atoms with van der Waals surface area (Å²) in [7, 11) is 0. The Bertz CT molecular complexity index is 60.0. The van der Waals surface area contributed by atoms with Crippen LogP contribution < -0.4 is 0 Å². The summed E-state index contributed by atoms with van der Waals surface area (Å²) in [4.78, 5) is 0. The van der Waals surface area contributed by atoms with Gasteiger partial charge in [-0.25, -0.2) is 0 Å². The topological polar surface area (TPSA) is 0 Å². The molecule has 0 heteroatoms. The predicted octanol–water partition coefficient (Wildman–Crippen LogP) is 5.17. The summed E-state index contributed by atoms with van der Waals surface area (Å²) >= 11 is 0. The van der Waals surface area contributed by atoms with Gasteiger partial charge in [-0.1, -0.05) is 78.6 Å². The lowest BCUT2D eigenvalue weighted by Gasteiger charge is -2.05. The fourth-order valence-electron chi connectivity index (χ4n) is 0.500. The molecule has 2 saturated carbocycles. The summed E-state index contributed by atoms with van der Waals surface area (Å²) in [5.74, 6) is 0.884. The van der Waals surface area contributed by atoms with Crippen molar-refractivity contribution in [1.82, 2.24) is 0 Å². The Kier molecular flexibility index (Phi) is 10.1. The Morgan fingerprint density at radius 1 is 0.692 bits per heavy atom. The van der Waals surface area contributed by atoms with Gasteiger partial charge in [-0.2, -0.15) is 0 Å². The minimum Gasteiger partial charge on any atom is -0.0651 e. The van der Waals surface area contributed by atoms with Gasteiger partial charge < -0.3 is 0 Å². The van der Waals surface area contributed by atoms with E-state index in [1.165, 1.54) is 57.8 Å². The van der Waals surface area contributed by atoms with Gasteiger partial charge in [0, 0.05) is 0 Å². The third kappa shape index (κ3) is 12.0. The molecule has 0 aliphatic heterocycles. The first kappa shape index (κ1) is 13.0. The summed E-state index contributed by atoms with van der Waals surface area (Å²) in [5.41, 5.74) is 0. The first-order valence-corrected chi connectivity index (χ1v) is 6.27. The lowest BCUT2D eigenvalue weighted by Crippen LogP contribution is -1.85. The van der Waals surface area contributed by atoms with Crippen LogP contribution in [0.4, 0.5) is 0 Å². The van der Waals surface area contributed by atoms with Crippen molar-refractivity contribution in [2.24, 2.45) is 5.92 Å². The standard InChI is InChI=1S/C5H12.2C4H8/c1-4-5(2)3;2*1-2-4-3-1/h5H,4H2,1-3H3;2*1-4H2. The van der Waals surface area contributed by atoms with E-state index in [1.807, 2.05) is 0 Å². The van der Waals surface area contributed by atoms with Gasteiger partial charge in [0.2, 0.25) is 0 Å². The van der Waals surface area contributed by atoms with E-state index in [1.54, 1.807) is 0 Å². The molecule has 2 rings (SSSR count). The SMILES string of the molecule is C1CCC1.C1CCC1.CCC(C)C. The number of hydrogen-bond donors (Lipinski definition) is 0. The minimum atomic E-state index is 0.884. The van der Waals surface area contributed by atoms with Crippen molar-refractivity contribution >= 4 is 0 Å². The molecule has 13 heavy (non-hydrogen) atoms. The molecule has 0 unspecified atom stereocenters. The monoisotopic (exact) mass is 184 g/mol. The van der Waals surface area contributed by atoms with Crippen LogP contribution in [0.5, 0.6) is 0 Å². The van der Waals surface area contributed by atoms with Crippen molar-refractivity contribution in [3.05, 3.63) is 0 Å². The summed E-state index contributed by atoms with van der Waals surface area (Å²) in [5, 5.41) is 0. The van der Waals surface area contributed by atoms with Gasteiger partial charge >= 0.3 is 0 Å². The van der Waals surface area contributed by atoms with Crippen molar-refractivity contribution in [2.75, 3.05) is 0 Å². The molecule has 0 aromatic heterocycles. The van der Waals surface area contributed by atoms with Crippen molar-refractivity contribution < 1.29 is 0 Å². The molecule has 0 amide bonds. The molecule has 0 aromatic rings. The Hall–Kier alpha value is 0. The van der Waals surface area contributed by atoms with E-state index in [2.05, 4.69) is 20.8 Å². The molecule has 0 atom stereocenters. The van der Waals surface area contributed by atoms with Crippen LogP contribution in [0.15, 0.2) is 0 Å². The van der Waals surface area contributed by atoms with Crippen molar-refractivity contribution in [2.45, 2.75) is 78.6 Å². The third-order valence-electron chi connectivity index (χ3n) is 2.82. The van der Waals surface area contributed by atoms with E-state index in [-0.39, 0.29) is 0 Å². The van der Waals surface area contributed by atoms with Gasteiger partial charge in [0.05, 0.1) is 0 Å². The van der Waals surface area contributed by atoms with Gasteiger partial charge in [-0.3, -0.25) is 0 Å². The van der Waals surface area contributed by atoms with Gasteiger partial charge in [-0.15, -0.1) is 0 Å². The highest BCUT2D eigenvalue weighted by molar-refractivity contribution is 4.51. The van der Waals surface area contributed by atoms with Crippen molar-refractivity contribution in [1.29, 1.82) is 0 Å². The quantitative estimate of drug-likeness (QED) is 0.527. The summed E-state index contributed by atoms with van der Waals surface area (Å²) in [6, 6.07) is 0. The molecule has 2 aliphatic rings. The molecular weight excluding hydrogens is 156 g/mol. The van der Waals surface area contributed by atoms with E-state index < -0.39 is 0 Å².